The second-order valence-corrected chi connectivity index (χ2v) is 4.13. The summed E-state index contributed by atoms with van der Waals surface area (Å²) in [6.45, 7) is 1.52. The molecule has 0 unspecified atom stereocenters. The number of aromatic nitrogens is 2. The number of carbonyl (C=O) groups excluding carboxylic acids is 1. The topological polar surface area (TPSA) is 55.2 Å². The average molecular weight is 242 g/mol. The molecule has 1 aliphatic heterocycles. The fourth-order valence-electron chi connectivity index (χ4n) is 1.73. The second kappa shape index (κ2) is 4.65. The molecule has 0 aliphatic carbocycles. The molecular formula is C10H12ClN3O2. The van der Waals surface area contributed by atoms with E-state index in [-0.39, 0.29) is 23.2 Å². The maximum atomic E-state index is 11.8. The van der Waals surface area contributed by atoms with Crippen molar-refractivity contribution in [2.24, 2.45) is 0 Å². The predicted molar refractivity (Wildman–Crippen MR) is 59.3 cm³/mol. The van der Waals surface area contributed by atoms with Gasteiger partial charge in [-0.1, -0.05) is 11.6 Å². The lowest BCUT2D eigenvalue weighted by Crippen LogP contribution is -2.35. The van der Waals surface area contributed by atoms with Crippen LogP contribution in [-0.2, 0) is 11.3 Å². The Labute approximate surface area is 97.6 Å². The molecule has 6 heteroatoms. The van der Waals surface area contributed by atoms with Crippen molar-refractivity contribution in [1.29, 1.82) is 0 Å². The SMILES string of the molecule is O=C(Cn1nc(Cl)ccc1=O)N1CCCC1. The number of halogens is 1. The summed E-state index contributed by atoms with van der Waals surface area (Å²) in [6.07, 6.45) is 2.06. The van der Waals surface area contributed by atoms with E-state index in [1.54, 1.807) is 4.90 Å². The standard InChI is InChI=1S/C10H12ClN3O2/c11-8-3-4-9(15)14(12-8)7-10(16)13-5-1-2-6-13/h3-4H,1-2,5-7H2. The molecule has 86 valence electrons. The van der Waals surface area contributed by atoms with Gasteiger partial charge in [0.15, 0.2) is 0 Å². The number of amides is 1. The lowest BCUT2D eigenvalue weighted by atomic mass is 10.4. The third-order valence-corrected chi connectivity index (χ3v) is 2.78. The van der Waals surface area contributed by atoms with E-state index >= 15 is 0 Å². The van der Waals surface area contributed by atoms with Gasteiger partial charge in [0.25, 0.3) is 5.56 Å². The quantitative estimate of drug-likeness (QED) is 0.759. The summed E-state index contributed by atoms with van der Waals surface area (Å²) in [6, 6.07) is 2.73. The highest BCUT2D eigenvalue weighted by atomic mass is 35.5. The molecule has 0 atom stereocenters. The molecule has 1 amide bonds. The minimum absolute atomic E-state index is 0.0284. The van der Waals surface area contributed by atoms with Crippen LogP contribution >= 0.6 is 11.6 Å². The van der Waals surface area contributed by atoms with Gasteiger partial charge in [-0.25, -0.2) is 4.68 Å². The van der Waals surface area contributed by atoms with Crippen LogP contribution < -0.4 is 5.56 Å². The number of hydrogen-bond donors (Lipinski definition) is 0. The van der Waals surface area contributed by atoms with Crippen molar-refractivity contribution >= 4 is 17.5 Å². The van der Waals surface area contributed by atoms with Crippen LogP contribution in [-0.4, -0.2) is 33.7 Å². The molecule has 1 aromatic rings. The molecule has 1 fully saturated rings. The van der Waals surface area contributed by atoms with E-state index in [1.165, 1.54) is 12.1 Å². The molecule has 0 N–H and O–H groups in total. The molecule has 0 bridgehead atoms. The molecule has 1 aromatic heterocycles. The number of nitrogens with zero attached hydrogens (tertiary/aromatic N) is 3. The highest BCUT2D eigenvalue weighted by Crippen LogP contribution is 2.07. The Hall–Kier alpha value is -1.36. The second-order valence-electron chi connectivity index (χ2n) is 3.74. The van der Waals surface area contributed by atoms with Crippen LogP contribution in [0, 0.1) is 0 Å². The fraction of sp³-hybridized carbons (Fsp3) is 0.500. The van der Waals surface area contributed by atoms with Crippen LogP contribution in [0.15, 0.2) is 16.9 Å². The third kappa shape index (κ3) is 2.41. The van der Waals surface area contributed by atoms with Gasteiger partial charge < -0.3 is 4.90 Å². The fourth-order valence-corrected chi connectivity index (χ4v) is 1.89. The zero-order valence-corrected chi connectivity index (χ0v) is 9.48. The highest BCUT2D eigenvalue weighted by Gasteiger charge is 2.18. The molecule has 0 saturated carbocycles. The summed E-state index contributed by atoms with van der Waals surface area (Å²) in [5, 5.41) is 4.02. The van der Waals surface area contributed by atoms with Crippen LogP contribution in [0.4, 0.5) is 0 Å². The van der Waals surface area contributed by atoms with Crippen LogP contribution in [0.1, 0.15) is 12.8 Å². The van der Waals surface area contributed by atoms with Gasteiger partial charge in [-0.05, 0) is 18.9 Å². The van der Waals surface area contributed by atoms with Crippen LogP contribution in [0.2, 0.25) is 5.15 Å². The van der Waals surface area contributed by atoms with Crippen molar-refractivity contribution in [3.8, 4) is 0 Å². The Kier molecular flexibility index (Phi) is 3.24. The van der Waals surface area contributed by atoms with Crippen molar-refractivity contribution in [3.05, 3.63) is 27.6 Å². The molecule has 0 radical (unpaired) electrons. The van der Waals surface area contributed by atoms with Gasteiger partial charge in [0.1, 0.15) is 11.7 Å². The Bertz CT molecular complexity index is 452. The molecule has 1 aliphatic rings. The molecule has 16 heavy (non-hydrogen) atoms. The first-order valence-electron chi connectivity index (χ1n) is 5.18. The molecule has 2 rings (SSSR count). The van der Waals surface area contributed by atoms with Crippen LogP contribution in [0.5, 0.6) is 0 Å². The maximum Gasteiger partial charge on any atom is 0.267 e. The number of rotatable bonds is 2. The van der Waals surface area contributed by atoms with Gasteiger partial charge in [0.2, 0.25) is 5.91 Å². The van der Waals surface area contributed by atoms with E-state index in [2.05, 4.69) is 5.10 Å². The van der Waals surface area contributed by atoms with Crippen molar-refractivity contribution in [2.45, 2.75) is 19.4 Å². The number of carbonyl (C=O) groups is 1. The van der Waals surface area contributed by atoms with E-state index < -0.39 is 0 Å². The molecular weight excluding hydrogens is 230 g/mol. The first-order chi connectivity index (χ1) is 7.66. The van der Waals surface area contributed by atoms with Gasteiger partial charge in [-0.15, -0.1) is 0 Å². The van der Waals surface area contributed by atoms with Gasteiger partial charge in [-0.3, -0.25) is 9.59 Å². The van der Waals surface area contributed by atoms with Crippen LogP contribution in [0.3, 0.4) is 0 Å². The third-order valence-electron chi connectivity index (χ3n) is 2.58. The molecule has 1 saturated heterocycles. The van der Waals surface area contributed by atoms with Crippen molar-refractivity contribution < 1.29 is 4.79 Å². The Morgan fingerprint density at radius 1 is 1.38 bits per heavy atom. The zero-order valence-electron chi connectivity index (χ0n) is 8.73. The smallest absolute Gasteiger partial charge is 0.267 e. The average Bonchev–Trinajstić information content (AvgIpc) is 2.76. The first kappa shape index (κ1) is 11.1. The summed E-state index contributed by atoms with van der Waals surface area (Å²) in [5.74, 6) is -0.0747. The zero-order chi connectivity index (χ0) is 11.5. The summed E-state index contributed by atoms with van der Waals surface area (Å²) < 4.78 is 1.10. The Morgan fingerprint density at radius 3 is 2.75 bits per heavy atom. The van der Waals surface area contributed by atoms with E-state index in [0.29, 0.717) is 0 Å². The minimum Gasteiger partial charge on any atom is -0.341 e. The molecule has 0 aromatic carbocycles. The normalized spacial score (nSPS) is 15.4. The van der Waals surface area contributed by atoms with Gasteiger partial charge in [-0.2, -0.15) is 5.10 Å². The summed E-state index contributed by atoms with van der Waals surface area (Å²) in [4.78, 5) is 24.9. The predicted octanol–water partition coefficient (Wildman–Crippen LogP) is 0.519. The summed E-state index contributed by atoms with van der Waals surface area (Å²) in [7, 11) is 0. The van der Waals surface area contributed by atoms with E-state index in [1.807, 2.05) is 0 Å². The largest absolute Gasteiger partial charge is 0.341 e. The van der Waals surface area contributed by atoms with Gasteiger partial charge >= 0.3 is 0 Å². The first-order valence-corrected chi connectivity index (χ1v) is 5.56. The number of hydrogen-bond acceptors (Lipinski definition) is 3. The van der Waals surface area contributed by atoms with Gasteiger partial charge in [0.05, 0.1) is 0 Å². The lowest BCUT2D eigenvalue weighted by Gasteiger charge is -2.15. The Balaban J connectivity index is 2.11. The lowest BCUT2D eigenvalue weighted by molar-refractivity contribution is -0.131. The molecule has 0 spiro atoms. The Morgan fingerprint density at radius 2 is 2.06 bits per heavy atom. The summed E-state index contributed by atoms with van der Waals surface area (Å²) in [5.41, 5.74) is -0.308. The van der Waals surface area contributed by atoms with E-state index in [9.17, 15) is 9.59 Å². The summed E-state index contributed by atoms with van der Waals surface area (Å²) >= 11 is 5.66. The minimum atomic E-state index is -0.308. The van der Waals surface area contributed by atoms with Crippen LogP contribution in [0.25, 0.3) is 0 Å². The van der Waals surface area contributed by atoms with Gasteiger partial charge in [0, 0.05) is 19.2 Å². The van der Waals surface area contributed by atoms with Crippen molar-refractivity contribution in [2.75, 3.05) is 13.1 Å². The molecule has 2 heterocycles. The molecule has 5 nitrogen and oxygen atoms in total. The highest BCUT2D eigenvalue weighted by molar-refractivity contribution is 6.29. The number of likely N-dealkylation sites (tertiary alicyclic amines) is 1. The maximum absolute atomic E-state index is 11.8. The van der Waals surface area contributed by atoms with Crippen molar-refractivity contribution in [3.63, 3.8) is 0 Å². The van der Waals surface area contributed by atoms with E-state index in [4.69, 9.17) is 11.6 Å². The van der Waals surface area contributed by atoms with E-state index in [0.717, 1.165) is 30.6 Å². The monoisotopic (exact) mass is 241 g/mol. The van der Waals surface area contributed by atoms with Crippen molar-refractivity contribution in [1.82, 2.24) is 14.7 Å².